The number of carbonyl (C=O) groups excluding carboxylic acids is 2. The molecular formula is C16H18FNO5S. The van der Waals surface area contributed by atoms with Crippen LogP contribution in [0.3, 0.4) is 0 Å². The van der Waals surface area contributed by atoms with Crippen molar-refractivity contribution < 1.29 is 27.1 Å². The third-order valence-electron chi connectivity index (χ3n) is 4.40. The highest BCUT2D eigenvalue weighted by Crippen LogP contribution is 2.25. The van der Waals surface area contributed by atoms with Gasteiger partial charge in [0, 0.05) is 19.4 Å². The Hall–Kier alpha value is -1.80. The number of morpholine rings is 1. The molecule has 0 aromatic heterocycles. The van der Waals surface area contributed by atoms with Gasteiger partial charge in [0.2, 0.25) is 5.91 Å². The van der Waals surface area contributed by atoms with E-state index >= 15 is 0 Å². The van der Waals surface area contributed by atoms with E-state index in [0.717, 1.165) is 0 Å². The number of sulfone groups is 1. The van der Waals surface area contributed by atoms with Crippen LogP contribution >= 0.6 is 0 Å². The summed E-state index contributed by atoms with van der Waals surface area (Å²) in [6, 6.07) is 5.15. The van der Waals surface area contributed by atoms with Gasteiger partial charge in [-0.3, -0.25) is 9.59 Å². The number of halogens is 1. The molecule has 1 aromatic carbocycles. The van der Waals surface area contributed by atoms with Gasteiger partial charge < -0.3 is 9.64 Å². The van der Waals surface area contributed by atoms with Crippen molar-refractivity contribution in [1.29, 1.82) is 0 Å². The molecule has 0 saturated carbocycles. The van der Waals surface area contributed by atoms with Crippen LogP contribution in [-0.2, 0) is 19.4 Å². The van der Waals surface area contributed by atoms with E-state index in [1.165, 1.54) is 23.1 Å². The molecule has 6 nitrogen and oxygen atoms in total. The second kappa shape index (κ2) is 6.60. The van der Waals surface area contributed by atoms with Crippen molar-refractivity contribution in [3.63, 3.8) is 0 Å². The molecule has 2 unspecified atom stereocenters. The summed E-state index contributed by atoms with van der Waals surface area (Å²) in [7, 11) is -3.21. The van der Waals surface area contributed by atoms with Crippen LogP contribution in [0.5, 0.6) is 0 Å². The zero-order valence-electron chi connectivity index (χ0n) is 13.0. The van der Waals surface area contributed by atoms with Gasteiger partial charge in [-0.05, 0) is 12.1 Å². The van der Waals surface area contributed by atoms with E-state index in [-0.39, 0.29) is 42.4 Å². The first kappa shape index (κ1) is 17.0. The second-order valence-corrected chi connectivity index (χ2v) is 8.20. The lowest BCUT2D eigenvalue weighted by Crippen LogP contribution is -2.53. The van der Waals surface area contributed by atoms with E-state index in [0.29, 0.717) is 6.54 Å². The van der Waals surface area contributed by atoms with E-state index in [1.807, 2.05) is 0 Å². The number of benzene rings is 1. The van der Waals surface area contributed by atoms with Gasteiger partial charge in [0.05, 0.1) is 35.8 Å². The van der Waals surface area contributed by atoms with Crippen LogP contribution in [0.15, 0.2) is 24.3 Å². The molecule has 2 fully saturated rings. The molecule has 3 rings (SSSR count). The number of fused-ring (bicyclic) bond motifs is 1. The summed E-state index contributed by atoms with van der Waals surface area (Å²) in [5.41, 5.74) is -0.0337. The molecule has 2 aliphatic heterocycles. The van der Waals surface area contributed by atoms with E-state index in [9.17, 15) is 22.4 Å². The Kier molecular flexibility index (Phi) is 4.69. The smallest absolute Gasteiger partial charge is 0.223 e. The molecule has 130 valence electrons. The highest BCUT2D eigenvalue weighted by Gasteiger charge is 2.45. The molecule has 0 spiro atoms. The monoisotopic (exact) mass is 355 g/mol. The Labute approximate surface area is 139 Å². The highest BCUT2D eigenvalue weighted by molar-refractivity contribution is 7.91. The molecule has 0 bridgehead atoms. The Bertz CT molecular complexity index is 763. The fraction of sp³-hybridized carbons (Fsp3) is 0.500. The van der Waals surface area contributed by atoms with Crippen LogP contribution < -0.4 is 0 Å². The quantitative estimate of drug-likeness (QED) is 0.747. The summed E-state index contributed by atoms with van der Waals surface area (Å²) in [5.74, 6) is -1.52. The number of Topliss-reactive ketones (excluding diaryl/α,β-unsaturated/α-hetero) is 1. The number of ether oxygens (including phenoxy) is 1. The third kappa shape index (κ3) is 3.49. The minimum absolute atomic E-state index is 0.0337. The first-order chi connectivity index (χ1) is 11.4. The van der Waals surface area contributed by atoms with Crippen molar-refractivity contribution in [1.82, 2.24) is 4.90 Å². The summed E-state index contributed by atoms with van der Waals surface area (Å²) in [6.45, 7) is 0.590. The van der Waals surface area contributed by atoms with Crippen molar-refractivity contribution in [2.24, 2.45) is 0 Å². The Morgan fingerprint density at radius 3 is 2.71 bits per heavy atom. The number of carbonyl (C=O) groups is 2. The average molecular weight is 355 g/mol. The molecule has 1 amide bonds. The van der Waals surface area contributed by atoms with Crippen molar-refractivity contribution in [3.8, 4) is 0 Å². The molecule has 24 heavy (non-hydrogen) atoms. The normalized spacial score (nSPS) is 25.3. The van der Waals surface area contributed by atoms with Gasteiger partial charge in [0.15, 0.2) is 15.6 Å². The van der Waals surface area contributed by atoms with E-state index < -0.39 is 33.6 Å². The second-order valence-electron chi connectivity index (χ2n) is 6.04. The Morgan fingerprint density at radius 1 is 1.21 bits per heavy atom. The van der Waals surface area contributed by atoms with Crippen molar-refractivity contribution in [2.45, 2.75) is 25.0 Å². The first-order valence-corrected chi connectivity index (χ1v) is 9.59. The lowest BCUT2D eigenvalue weighted by Gasteiger charge is -2.36. The number of amides is 1. The zero-order chi connectivity index (χ0) is 17.3. The van der Waals surface area contributed by atoms with Crippen LogP contribution in [0.25, 0.3) is 0 Å². The SMILES string of the molecule is O=C(CCC(=O)N1CCOC2CS(=O)(=O)CC21)c1ccccc1F. The van der Waals surface area contributed by atoms with Crippen LogP contribution in [-0.4, -0.2) is 61.8 Å². The maximum absolute atomic E-state index is 13.6. The maximum Gasteiger partial charge on any atom is 0.223 e. The third-order valence-corrected chi connectivity index (χ3v) is 6.08. The van der Waals surface area contributed by atoms with Crippen molar-refractivity contribution >= 4 is 21.5 Å². The van der Waals surface area contributed by atoms with E-state index in [1.54, 1.807) is 6.07 Å². The van der Waals surface area contributed by atoms with Crippen LogP contribution in [0, 0.1) is 5.82 Å². The minimum atomic E-state index is -3.21. The first-order valence-electron chi connectivity index (χ1n) is 7.76. The maximum atomic E-state index is 13.6. The molecular weight excluding hydrogens is 337 g/mol. The lowest BCUT2D eigenvalue weighted by molar-refractivity contribution is -0.142. The number of ketones is 1. The summed E-state index contributed by atoms with van der Waals surface area (Å²) < 4.78 is 42.5. The van der Waals surface area contributed by atoms with E-state index in [2.05, 4.69) is 0 Å². The topological polar surface area (TPSA) is 80.8 Å². The van der Waals surface area contributed by atoms with Gasteiger partial charge in [0.1, 0.15) is 5.82 Å². The molecule has 8 heteroatoms. The van der Waals surface area contributed by atoms with Gasteiger partial charge in [0.25, 0.3) is 0 Å². The van der Waals surface area contributed by atoms with Crippen molar-refractivity contribution in [3.05, 3.63) is 35.6 Å². The summed E-state index contributed by atoms with van der Waals surface area (Å²) in [4.78, 5) is 25.9. The van der Waals surface area contributed by atoms with Gasteiger partial charge in [-0.2, -0.15) is 0 Å². The van der Waals surface area contributed by atoms with Crippen LogP contribution in [0.1, 0.15) is 23.2 Å². The van der Waals surface area contributed by atoms with Gasteiger partial charge in [-0.1, -0.05) is 12.1 Å². The fourth-order valence-electron chi connectivity index (χ4n) is 3.21. The summed E-state index contributed by atoms with van der Waals surface area (Å²) in [5, 5.41) is 0. The zero-order valence-corrected chi connectivity index (χ0v) is 13.8. The molecule has 2 atom stereocenters. The van der Waals surface area contributed by atoms with Gasteiger partial charge in [-0.25, -0.2) is 12.8 Å². The Morgan fingerprint density at radius 2 is 1.96 bits per heavy atom. The van der Waals surface area contributed by atoms with Crippen molar-refractivity contribution in [2.75, 3.05) is 24.7 Å². The molecule has 2 saturated heterocycles. The molecule has 2 heterocycles. The number of hydrogen-bond donors (Lipinski definition) is 0. The van der Waals surface area contributed by atoms with E-state index in [4.69, 9.17) is 4.74 Å². The number of rotatable bonds is 4. The molecule has 0 aliphatic carbocycles. The standard InChI is InChI=1S/C16H18FNO5S/c17-12-4-2-1-3-11(12)14(19)5-6-16(20)18-7-8-23-15-10-24(21,22)9-13(15)18/h1-4,13,15H,5-10H2. The molecule has 2 aliphatic rings. The molecule has 0 N–H and O–H groups in total. The predicted molar refractivity (Wildman–Crippen MR) is 83.9 cm³/mol. The minimum Gasteiger partial charge on any atom is -0.373 e. The highest BCUT2D eigenvalue weighted by atomic mass is 32.2. The largest absolute Gasteiger partial charge is 0.373 e. The fourth-order valence-corrected chi connectivity index (χ4v) is 5.08. The molecule has 0 radical (unpaired) electrons. The van der Waals surface area contributed by atoms with Gasteiger partial charge >= 0.3 is 0 Å². The predicted octanol–water partition coefficient (Wildman–Crippen LogP) is 0.813. The number of hydrogen-bond acceptors (Lipinski definition) is 5. The van der Waals surface area contributed by atoms with Crippen LogP contribution in [0.2, 0.25) is 0 Å². The van der Waals surface area contributed by atoms with Gasteiger partial charge in [-0.15, -0.1) is 0 Å². The summed E-state index contributed by atoms with van der Waals surface area (Å²) >= 11 is 0. The lowest BCUT2D eigenvalue weighted by atomic mass is 10.0. The number of nitrogens with zero attached hydrogens (tertiary/aromatic N) is 1. The van der Waals surface area contributed by atoms with Crippen LogP contribution in [0.4, 0.5) is 4.39 Å². The average Bonchev–Trinajstić information content (AvgIpc) is 2.86. The molecule has 1 aromatic rings. The summed E-state index contributed by atoms with van der Waals surface area (Å²) in [6.07, 6.45) is -0.674. The Balaban J connectivity index is 1.63.